The van der Waals surface area contributed by atoms with E-state index in [1.54, 1.807) is 0 Å². The number of allylic oxidation sites excluding steroid dienone is 1. The molecule has 1 aliphatic carbocycles. The summed E-state index contributed by atoms with van der Waals surface area (Å²) in [5, 5.41) is 2.58. The minimum atomic E-state index is -4.49. The van der Waals surface area contributed by atoms with Crippen LogP contribution >= 0.6 is 11.6 Å². The highest BCUT2D eigenvalue weighted by Gasteiger charge is 2.32. The van der Waals surface area contributed by atoms with Gasteiger partial charge in [0.05, 0.1) is 10.6 Å². The van der Waals surface area contributed by atoms with Gasteiger partial charge in [0.2, 0.25) is 0 Å². The Morgan fingerprint density at radius 3 is 2.64 bits per heavy atom. The van der Waals surface area contributed by atoms with Crippen molar-refractivity contribution in [3.63, 3.8) is 0 Å². The SMILES string of the molecule is CC1(C)CC/C(=C/Nc2ncc(C(F)(F)F)cc2Cl)C(=O)C1. The van der Waals surface area contributed by atoms with E-state index < -0.39 is 11.7 Å². The Hall–Kier alpha value is -1.56. The Balaban J connectivity index is 2.12. The number of nitrogens with zero attached hydrogens (tertiary/aromatic N) is 1. The number of halogens is 4. The molecule has 1 aromatic heterocycles. The second-order valence-electron chi connectivity index (χ2n) is 6.13. The molecule has 7 heteroatoms. The molecule has 2 rings (SSSR count). The van der Waals surface area contributed by atoms with Crippen molar-refractivity contribution in [2.45, 2.75) is 39.3 Å². The Morgan fingerprint density at radius 1 is 1.41 bits per heavy atom. The molecule has 3 nitrogen and oxygen atoms in total. The normalized spacial score (nSPS) is 20.3. The smallest absolute Gasteiger partial charge is 0.345 e. The minimum Gasteiger partial charge on any atom is -0.345 e. The molecule has 1 aromatic rings. The van der Waals surface area contributed by atoms with E-state index in [9.17, 15) is 18.0 Å². The van der Waals surface area contributed by atoms with Crippen molar-refractivity contribution in [2.75, 3.05) is 5.32 Å². The maximum absolute atomic E-state index is 12.5. The lowest BCUT2D eigenvalue weighted by Gasteiger charge is -2.29. The summed E-state index contributed by atoms with van der Waals surface area (Å²) in [5.41, 5.74) is -0.318. The number of alkyl halides is 3. The summed E-state index contributed by atoms with van der Waals surface area (Å²) in [6, 6.07) is 0.807. The van der Waals surface area contributed by atoms with Crippen molar-refractivity contribution < 1.29 is 18.0 Å². The molecule has 120 valence electrons. The summed E-state index contributed by atoms with van der Waals surface area (Å²) in [7, 11) is 0. The molecule has 0 unspecified atom stereocenters. The summed E-state index contributed by atoms with van der Waals surface area (Å²) >= 11 is 5.80. The van der Waals surface area contributed by atoms with Gasteiger partial charge >= 0.3 is 6.18 Å². The van der Waals surface area contributed by atoms with Gasteiger partial charge in [-0.1, -0.05) is 25.4 Å². The van der Waals surface area contributed by atoms with Crippen molar-refractivity contribution in [3.05, 3.63) is 34.6 Å². The summed E-state index contributed by atoms with van der Waals surface area (Å²) in [6.45, 7) is 4.06. The molecule has 0 aliphatic heterocycles. The first kappa shape index (κ1) is 16.8. The van der Waals surface area contributed by atoms with E-state index in [4.69, 9.17) is 11.6 Å². The van der Waals surface area contributed by atoms with Crippen LogP contribution in [-0.4, -0.2) is 10.8 Å². The molecule has 0 aromatic carbocycles. The first-order chi connectivity index (χ1) is 10.1. The number of ketones is 1. The van der Waals surface area contributed by atoms with Crippen LogP contribution in [0.5, 0.6) is 0 Å². The number of anilines is 1. The van der Waals surface area contributed by atoms with Gasteiger partial charge in [-0.25, -0.2) is 4.98 Å². The van der Waals surface area contributed by atoms with E-state index in [2.05, 4.69) is 10.3 Å². The van der Waals surface area contributed by atoms with Gasteiger partial charge < -0.3 is 5.32 Å². The summed E-state index contributed by atoms with van der Waals surface area (Å²) < 4.78 is 37.6. The second kappa shape index (κ2) is 5.91. The second-order valence-corrected chi connectivity index (χ2v) is 6.54. The lowest BCUT2D eigenvalue weighted by molar-refractivity contribution is -0.137. The molecular weight excluding hydrogens is 317 g/mol. The van der Waals surface area contributed by atoms with Crippen LogP contribution in [0.25, 0.3) is 0 Å². The molecule has 0 saturated heterocycles. The molecule has 1 fully saturated rings. The third kappa shape index (κ3) is 4.00. The summed E-state index contributed by atoms with van der Waals surface area (Å²) in [6.07, 6.45) is -0.345. The number of pyridine rings is 1. The van der Waals surface area contributed by atoms with E-state index in [-0.39, 0.29) is 22.0 Å². The van der Waals surface area contributed by atoms with Gasteiger partial charge in [0, 0.05) is 24.4 Å². The average Bonchev–Trinajstić information content (AvgIpc) is 2.37. The zero-order chi connectivity index (χ0) is 16.5. The van der Waals surface area contributed by atoms with Crippen molar-refractivity contribution >= 4 is 23.2 Å². The van der Waals surface area contributed by atoms with E-state index >= 15 is 0 Å². The Labute approximate surface area is 131 Å². The van der Waals surface area contributed by atoms with Gasteiger partial charge in [-0.15, -0.1) is 0 Å². The standard InChI is InChI=1S/C15H16ClF3N2O/c1-14(2)4-3-9(12(22)6-14)7-20-13-11(16)5-10(8-21-13)15(17,18)19/h5,7-8H,3-4,6H2,1-2H3,(H,20,21)/b9-7-. The maximum atomic E-state index is 12.5. The largest absolute Gasteiger partial charge is 0.417 e. The molecule has 0 bridgehead atoms. The minimum absolute atomic E-state index is 0.0152. The Bertz CT molecular complexity index is 624. The first-order valence-electron chi connectivity index (χ1n) is 6.80. The van der Waals surface area contributed by atoms with Crippen LogP contribution < -0.4 is 5.32 Å². The lowest BCUT2D eigenvalue weighted by atomic mass is 9.75. The number of aromatic nitrogens is 1. The monoisotopic (exact) mass is 332 g/mol. The molecule has 1 saturated carbocycles. The molecule has 1 heterocycles. The van der Waals surface area contributed by atoms with Gasteiger partial charge in [0.25, 0.3) is 0 Å². The Kier molecular flexibility index (Phi) is 4.52. The predicted molar refractivity (Wildman–Crippen MR) is 78.6 cm³/mol. The van der Waals surface area contributed by atoms with Crippen molar-refractivity contribution in [1.82, 2.24) is 4.98 Å². The van der Waals surface area contributed by atoms with Gasteiger partial charge in [-0.05, 0) is 24.3 Å². The Morgan fingerprint density at radius 2 is 2.09 bits per heavy atom. The number of nitrogens with one attached hydrogen (secondary N) is 1. The van der Waals surface area contributed by atoms with Crippen LogP contribution in [0.3, 0.4) is 0 Å². The fourth-order valence-corrected chi connectivity index (χ4v) is 2.48. The fraction of sp³-hybridized carbons (Fsp3) is 0.467. The topological polar surface area (TPSA) is 42.0 Å². The van der Waals surface area contributed by atoms with Crippen LogP contribution in [-0.2, 0) is 11.0 Å². The molecular formula is C15H16ClF3N2O. The number of rotatable bonds is 2. The highest BCUT2D eigenvalue weighted by molar-refractivity contribution is 6.33. The van der Waals surface area contributed by atoms with Gasteiger partial charge in [-0.2, -0.15) is 13.2 Å². The van der Waals surface area contributed by atoms with E-state index in [0.717, 1.165) is 12.5 Å². The van der Waals surface area contributed by atoms with Crippen LogP contribution in [0.1, 0.15) is 38.7 Å². The number of carbonyl (C=O) groups excluding carboxylic acids is 1. The highest BCUT2D eigenvalue weighted by atomic mass is 35.5. The number of Topliss-reactive ketones (excluding diaryl/α,β-unsaturated/α-hetero) is 1. The predicted octanol–water partition coefficient (Wildman–Crippen LogP) is 4.83. The van der Waals surface area contributed by atoms with Crippen molar-refractivity contribution in [2.24, 2.45) is 5.41 Å². The molecule has 22 heavy (non-hydrogen) atoms. The summed E-state index contributed by atoms with van der Waals surface area (Å²) in [5.74, 6) is 0.131. The van der Waals surface area contributed by atoms with Crippen LogP contribution in [0.4, 0.5) is 19.0 Å². The van der Waals surface area contributed by atoms with E-state index in [1.807, 2.05) is 13.8 Å². The average molecular weight is 333 g/mol. The quantitative estimate of drug-likeness (QED) is 0.789. The first-order valence-corrected chi connectivity index (χ1v) is 7.18. The van der Waals surface area contributed by atoms with Gasteiger partial charge in [0.1, 0.15) is 5.82 Å². The third-order valence-corrected chi connectivity index (χ3v) is 3.91. The van der Waals surface area contributed by atoms with Crippen LogP contribution in [0.2, 0.25) is 5.02 Å². The maximum Gasteiger partial charge on any atom is 0.417 e. The molecule has 0 atom stereocenters. The van der Waals surface area contributed by atoms with Gasteiger partial charge in [-0.3, -0.25) is 4.79 Å². The van der Waals surface area contributed by atoms with E-state index in [1.165, 1.54) is 6.20 Å². The fourth-order valence-electron chi connectivity index (χ4n) is 2.26. The summed E-state index contributed by atoms with van der Waals surface area (Å²) in [4.78, 5) is 15.7. The molecule has 0 amide bonds. The van der Waals surface area contributed by atoms with Gasteiger partial charge in [0.15, 0.2) is 5.78 Å². The van der Waals surface area contributed by atoms with E-state index in [0.29, 0.717) is 24.6 Å². The van der Waals surface area contributed by atoms with Crippen LogP contribution in [0.15, 0.2) is 24.0 Å². The van der Waals surface area contributed by atoms with Crippen molar-refractivity contribution in [3.8, 4) is 0 Å². The highest BCUT2D eigenvalue weighted by Crippen LogP contribution is 2.36. The molecule has 1 N–H and O–H groups in total. The molecule has 0 spiro atoms. The molecule has 1 aliphatic rings. The number of hydrogen-bond donors (Lipinski definition) is 1. The number of carbonyl (C=O) groups is 1. The zero-order valence-electron chi connectivity index (χ0n) is 12.2. The van der Waals surface area contributed by atoms with Crippen molar-refractivity contribution in [1.29, 1.82) is 0 Å². The third-order valence-electron chi connectivity index (χ3n) is 3.62. The van der Waals surface area contributed by atoms with Crippen LogP contribution in [0, 0.1) is 5.41 Å². The lowest BCUT2D eigenvalue weighted by Crippen LogP contribution is -2.24. The zero-order valence-corrected chi connectivity index (χ0v) is 13.0. The molecule has 0 radical (unpaired) electrons. The number of hydrogen-bond acceptors (Lipinski definition) is 3.